The molecule has 3 saturated heterocycles. The summed E-state index contributed by atoms with van der Waals surface area (Å²) in [5.41, 5.74) is -11.0. The average Bonchev–Trinajstić information content (AvgIpc) is 3.73. The zero-order valence-corrected chi connectivity index (χ0v) is 35.1. The van der Waals surface area contributed by atoms with E-state index in [4.69, 9.17) is 18.9 Å². The molecule has 3 aliphatic heterocycles. The van der Waals surface area contributed by atoms with Crippen molar-refractivity contribution in [2.45, 2.75) is 167 Å². The summed E-state index contributed by atoms with van der Waals surface area (Å²) in [4.78, 5) is 82.3. The Labute approximate surface area is 340 Å². The smallest absolute Gasteiger partial charge is 0.309 e. The van der Waals surface area contributed by atoms with Crippen molar-refractivity contribution in [1.29, 1.82) is 0 Å². The number of aromatic nitrogens is 1. The standard InChI is InChI=1S/C40H57NO16S/c1-18-11-10-12-26-28(55-26)14-27(56-31(47)15-29(46)37(8,9)34(50)20(3)32(18)48)19(2)13-25-17-58-30(41-25)16-54-36-39(52,23(6)44)40(53,24(7)45)38(51,22(5)43)35(57-36)33(49)21(4)42/h13,17-18,20,26-29,32-33,35-36,46,48-49,51-53H,10-12,14-16H2,1-9H3/t18-,20+,26+,27-,28-,29-,32-,33?,35+,36+,38+,39-,40-/m0/s1. The molecule has 18 heteroatoms. The predicted octanol–water partition coefficient (Wildman–Crippen LogP) is 0.931. The molecule has 324 valence electrons. The van der Waals surface area contributed by atoms with Crippen LogP contribution < -0.4 is 0 Å². The maximum absolute atomic E-state index is 13.4. The summed E-state index contributed by atoms with van der Waals surface area (Å²) in [6.07, 6.45) is -6.97. The number of thiazole rings is 1. The van der Waals surface area contributed by atoms with Crippen LogP contribution >= 0.6 is 11.3 Å². The number of carbonyl (C=O) groups is 6. The molecular weight excluding hydrogens is 782 g/mol. The second kappa shape index (κ2) is 17.8. The van der Waals surface area contributed by atoms with E-state index in [1.165, 1.54) is 13.8 Å². The van der Waals surface area contributed by atoms with Gasteiger partial charge in [0, 0.05) is 17.7 Å². The summed E-state index contributed by atoms with van der Waals surface area (Å²) in [5.74, 6) is -7.33. The van der Waals surface area contributed by atoms with Gasteiger partial charge in [-0.15, -0.1) is 11.3 Å². The van der Waals surface area contributed by atoms with E-state index in [2.05, 4.69) is 4.98 Å². The monoisotopic (exact) mass is 839 g/mol. The van der Waals surface area contributed by atoms with Crippen molar-refractivity contribution >= 4 is 52.3 Å². The van der Waals surface area contributed by atoms with Gasteiger partial charge in [0.15, 0.2) is 35.0 Å². The zero-order chi connectivity index (χ0) is 43.9. The molecule has 0 bridgehead atoms. The van der Waals surface area contributed by atoms with Crippen molar-refractivity contribution in [2.24, 2.45) is 17.3 Å². The average molecular weight is 840 g/mol. The SMILES string of the molecule is CC(=O)C(O)[C@H]1O[C@@H](OCc2nc(C=C(C)[C@@H]3C[C@@H]4O[C@@H]4CCC[C@H](C)[C@H](O)[C@@H](C)C(=O)C(C)(C)[C@@H](O)CC(=O)O3)cs2)[C@@](O)(C(C)=O)[C@](O)(C(C)=O)[C@@]1(O)C(C)=O. The quantitative estimate of drug-likeness (QED) is 0.141. The summed E-state index contributed by atoms with van der Waals surface area (Å²) < 4.78 is 23.0. The van der Waals surface area contributed by atoms with Crippen LogP contribution in [-0.4, -0.2) is 136 Å². The Bertz CT molecular complexity index is 1790. The zero-order valence-electron chi connectivity index (χ0n) is 34.3. The van der Waals surface area contributed by atoms with Crippen LogP contribution in [0.15, 0.2) is 11.0 Å². The lowest BCUT2D eigenvalue weighted by Gasteiger charge is -2.57. The van der Waals surface area contributed by atoms with Gasteiger partial charge in [-0.2, -0.15) is 0 Å². The Kier molecular flexibility index (Phi) is 14.6. The molecule has 1 aromatic rings. The van der Waals surface area contributed by atoms with E-state index in [0.717, 1.165) is 38.5 Å². The minimum absolute atomic E-state index is 0.100. The van der Waals surface area contributed by atoms with Gasteiger partial charge >= 0.3 is 5.97 Å². The third-order valence-electron chi connectivity index (χ3n) is 12.1. The Morgan fingerprint density at radius 3 is 2.14 bits per heavy atom. The third kappa shape index (κ3) is 8.82. The number of aliphatic hydroxyl groups excluding tert-OH is 3. The second-order valence-corrected chi connectivity index (χ2v) is 17.6. The molecular formula is C40H57NO16S. The van der Waals surface area contributed by atoms with Crippen LogP contribution in [0.2, 0.25) is 0 Å². The Morgan fingerprint density at radius 2 is 1.57 bits per heavy atom. The molecule has 3 fully saturated rings. The first kappa shape index (κ1) is 47.5. The number of ketones is 5. The molecule has 0 saturated carbocycles. The van der Waals surface area contributed by atoms with Crippen molar-refractivity contribution < 1.29 is 78.4 Å². The fraction of sp³-hybridized carbons (Fsp3) is 0.725. The lowest BCUT2D eigenvalue weighted by molar-refractivity contribution is -0.374. The van der Waals surface area contributed by atoms with E-state index in [9.17, 15) is 59.4 Å². The minimum atomic E-state index is -3.65. The van der Waals surface area contributed by atoms with Crippen molar-refractivity contribution in [2.75, 3.05) is 0 Å². The van der Waals surface area contributed by atoms with E-state index in [0.29, 0.717) is 31.0 Å². The second-order valence-electron chi connectivity index (χ2n) is 16.6. The van der Waals surface area contributed by atoms with E-state index in [1.54, 1.807) is 25.3 Å². The first-order valence-electron chi connectivity index (χ1n) is 19.3. The molecule has 0 aliphatic carbocycles. The van der Waals surface area contributed by atoms with Crippen LogP contribution in [0.1, 0.15) is 105 Å². The Hall–Kier alpha value is -3.17. The summed E-state index contributed by atoms with van der Waals surface area (Å²) in [6, 6.07) is 0. The Balaban J connectivity index is 1.59. The molecule has 1 unspecified atom stereocenters. The molecule has 0 amide bonds. The van der Waals surface area contributed by atoms with Gasteiger partial charge in [-0.05, 0) is 65.0 Å². The maximum Gasteiger partial charge on any atom is 0.309 e. The number of fused-ring (bicyclic) bond motifs is 1. The van der Waals surface area contributed by atoms with Gasteiger partial charge in [-0.25, -0.2) is 4.98 Å². The minimum Gasteiger partial charge on any atom is -0.458 e. The summed E-state index contributed by atoms with van der Waals surface area (Å²) in [6.45, 7) is 10.8. The number of aliphatic hydroxyl groups is 6. The first-order valence-corrected chi connectivity index (χ1v) is 20.2. The third-order valence-corrected chi connectivity index (χ3v) is 13.0. The van der Waals surface area contributed by atoms with Gasteiger partial charge in [0.2, 0.25) is 11.2 Å². The maximum atomic E-state index is 13.4. The fourth-order valence-corrected chi connectivity index (χ4v) is 8.70. The number of Topliss-reactive ketones (excluding diaryl/α,β-unsaturated/α-hetero) is 5. The fourth-order valence-electron chi connectivity index (χ4n) is 8.03. The number of ether oxygens (including phenoxy) is 4. The van der Waals surface area contributed by atoms with E-state index < -0.39 is 107 Å². The number of carbonyl (C=O) groups excluding carboxylic acids is 6. The normalized spacial score (nSPS) is 38.3. The van der Waals surface area contributed by atoms with E-state index in [-0.39, 0.29) is 35.3 Å². The number of esters is 1. The highest BCUT2D eigenvalue weighted by Gasteiger charge is 2.79. The molecule has 1 aromatic heterocycles. The number of rotatable bonds is 10. The van der Waals surface area contributed by atoms with Gasteiger partial charge < -0.3 is 49.6 Å². The predicted molar refractivity (Wildman–Crippen MR) is 204 cm³/mol. The van der Waals surface area contributed by atoms with Crippen molar-refractivity contribution in [3.63, 3.8) is 0 Å². The van der Waals surface area contributed by atoms with Gasteiger partial charge in [0.1, 0.15) is 35.7 Å². The topological polar surface area (TPSA) is 277 Å². The lowest BCUT2D eigenvalue weighted by Crippen LogP contribution is -2.87. The largest absolute Gasteiger partial charge is 0.458 e. The van der Waals surface area contributed by atoms with Crippen molar-refractivity contribution in [3.8, 4) is 0 Å². The van der Waals surface area contributed by atoms with E-state index >= 15 is 0 Å². The van der Waals surface area contributed by atoms with Gasteiger partial charge in [-0.1, -0.05) is 34.1 Å². The summed E-state index contributed by atoms with van der Waals surface area (Å²) in [7, 11) is 0. The number of epoxide rings is 1. The Morgan fingerprint density at radius 1 is 0.948 bits per heavy atom. The van der Waals surface area contributed by atoms with Gasteiger partial charge in [0.05, 0.1) is 41.9 Å². The van der Waals surface area contributed by atoms with Crippen molar-refractivity contribution in [1.82, 2.24) is 4.98 Å². The molecule has 0 radical (unpaired) electrons. The van der Waals surface area contributed by atoms with Crippen LogP contribution in [-0.2, 0) is 54.3 Å². The van der Waals surface area contributed by atoms with Crippen LogP contribution in [0.4, 0.5) is 0 Å². The molecule has 4 heterocycles. The first-order chi connectivity index (χ1) is 26.8. The highest BCUT2D eigenvalue weighted by Crippen LogP contribution is 2.48. The summed E-state index contributed by atoms with van der Waals surface area (Å²) in [5, 5.41) is 69.4. The molecule has 3 aliphatic rings. The highest BCUT2D eigenvalue weighted by molar-refractivity contribution is 7.09. The van der Waals surface area contributed by atoms with Crippen LogP contribution in [0, 0.1) is 17.3 Å². The van der Waals surface area contributed by atoms with Gasteiger partial charge in [0.25, 0.3) is 0 Å². The number of nitrogens with zero attached hydrogens (tertiary/aromatic N) is 1. The van der Waals surface area contributed by atoms with Crippen LogP contribution in [0.25, 0.3) is 6.08 Å². The molecule has 58 heavy (non-hydrogen) atoms. The number of hydrogen-bond donors (Lipinski definition) is 6. The summed E-state index contributed by atoms with van der Waals surface area (Å²) >= 11 is 1.04. The molecule has 0 aromatic carbocycles. The highest BCUT2D eigenvalue weighted by atomic mass is 32.1. The van der Waals surface area contributed by atoms with Crippen LogP contribution in [0.5, 0.6) is 0 Å². The molecule has 13 atom stereocenters. The lowest BCUT2D eigenvalue weighted by atomic mass is 9.60. The van der Waals surface area contributed by atoms with Crippen LogP contribution in [0.3, 0.4) is 0 Å². The molecule has 17 nitrogen and oxygen atoms in total. The molecule has 4 rings (SSSR count). The van der Waals surface area contributed by atoms with Gasteiger partial charge in [-0.3, -0.25) is 28.8 Å². The number of cyclic esters (lactones) is 1. The van der Waals surface area contributed by atoms with E-state index in [1.807, 2.05) is 6.92 Å². The molecule has 0 spiro atoms. The van der Waals surface area contributed by atoms with Crippen molar-refractivity contribution in [3.05, 3.63) is 21.7 Å². The molecule has 6 N–H and O–H groups in total. The number of hydrogen-bond acceptors (Lipinski definition) is 18.